The fourth-order valence-corrected chi connectivity index (χ4v) is 5.17. The van der Waals surface area contributed by atoms with Crippen LogP contribution in [0.25, 0.3) is 0 Å². The van der Waals surface area contributed by atoms with E-state index >= 15 is 0 Å². The Morgan fingerprint density at radius 2 is 1.72 bits per heavy atom. The van der Waals surface area contributed by atoms with Crippen molar-refractivity contribution < 1.29 is 9.59 Å². The van der Waals surface area contributed by atoms with E-state index in [9.17, 15) is 9.59 Å². The number of piperazine rings is 1. The predicted molar refractivity (Wildman–Crippen MR) is 128 cm³/mol. The molecule has 2 aromatic carbocycles. The third-order valence-corrected chi connectivity index (χ3v) is 7.00. The van der Waals surface area contributed by atoms with Crippen LogP contribution in [0.1, 0.15) is 47.2 Å². The molecule has 0 spiro atoms. The Hall–Kier alpha value is -2.37. The summed E-state index contributed by atoms with van der Waals surface area (Å²) in [7, 11) is 0. The number of halogens is 1. The van der Waals surface area contributed by atoms with Gasteiger partial charge in [-0.15, -0.1) is 0 Å². The quantitative estimate of drug-likeness (QED) is 0.710. The third-order valence-electron chi connectivity index (χ3n) is 6.75. The molecule has 0 aromatic heterocycles. The Morgan fingerprint density at radius 3 is 2.38 bits per heavy atom. The van der Waals surface area contributed by atoms with Gasteiger partial charge in [0.25, 0.3) is 5.91 Å². The van der Waals surface area contributed by atoms with Crippen molar-refractivity contribution in [2.24, 2.45) is 5.92 Å². The van der Waals surface area contributed by atoms with Crippen LogP contribution in [0, 0.1) is 12.8 Å². The lowest BCUT2D eigenvalue weighted by atomic mass is 9.94. The first-order chi connectivity index (χ1) is 15.5. The summed E-state index contributed by atoms with van der Waals surface area (Å²) in [5, 5.41) is 3.82. The van der Waals surface area contributed by atoms with Crippen molar-refractivity contribution in [3.05, 3.63) is 70.2 Å². The lowest BCUT2D eigenvalue weighted by Gasteiger charge is -2.40. The molecule has 1 aliphatic heterocycles. The molecule has 0 radical (unpaired) electrons. The minimum absolute atomic E-state index is 0.0302. The zero-order valence-electron chi connectivity index (χ0n) is 18.7. The van der Waals surface area contributed by atoms with Gasteiger partial charge < -0.3 is 10.2 Å². The maximum atomic E-state index is 13.3. The minimum atomic E-state index is -0.116. The summed E-state index contributed by atoms with van der Waals surface area (Å²) in [6.07, 6.45) is 4.60. The molecular formula is C26H32ClN3O2. The van der Waals surface area contributed by atoms with Crippen LogP contribution >= 0.6 is 11.6 Å². The molecule has 0 bridgehead atoms. The van der Waals surface area contributed by atoms with Crippen LogP contribution < -0.4 is 5.32 Å². The van der Waals surface area contributed by atoms with Gasteiger partial charge >= 0.3 is 0 Å². The number of carbonyl (C=O) groups excluding carboxylic acids is 2. The first-order valence-corrected chi connectivity index (χ1v) is 12.0. The van der Waals surface area contributed by atoms with Crippen molar-refractivity contribution in [3.63, 3.8) is 0 Å². The van der Waals surface area contributed by atoms with Crippen LogP contribution in [0.5, 0.6) is 0 Å². The van der Waals surface area contributed by atoms with E-state index in [1.54, 1.807) is 24.3 Å². The number of hydrogen-bond acceptors (Lipinski definition) is 3. The zero-order chi connectivity index (χ0) is 22.5. The smallest absolute Gasteiger partial charge is 0.253 e. The van der Waals surface area contributed by atoms with Crippen molar-refractivity contribution >= 4 is 23.4 Å². The molecule has 2 aromatic rings. The molecule has 2 aliphatic rings. The van der Waals surface area contributed by atoms with Gasteiger partial charge in [-0.1, -0.05) is 54.3 Å². The summed E-state index contributed by atoms with van der Waals surface area (Å²) < 4.78 is 0. The van der Waals surface area contributed by atoms with Crippen molar-refractivity contribution in [1.29, 1.82) is 0 Å². The highest BCUT2D eigenvalue weighted by atomic mass is 35.5. The van der Waals surface area contributed by atoms with Crippen molar-refractivity contribution in [3.8, 4) is 0 Å². The van der Waals surface area contributed by atoms with Crippen molar-refractivity contribution in [2.75, 3.05) is 26.2 Å². The summed E-state index contributed by atoms with van der Waals surface area (Å²) in [4.78, 5) is 30.3. The standard InChI is InChI=1S/C26H32ClN3O2/c1-19-5-4-6-20(17-19)18-28-25(31)24(21-7-2-3-8-21)29-13-15-30(16-14-29)26(32)22-9-11-23(27)12-10-22/h4-6,9-12,17,21,24H,2-3,7-8,13-16,18H2,1H3,(H,28,31). The topological polar surface area (TPSA) is 52.7 Å². The first-order valence-electron chi connectivity index (χ1n) is 11.6. The van der Waals surface area contributed by atoms with Crippen LogP contribution in [0.2, 0.25) is 5.02 Å². The molecule has 1 aliphatic carbocycles. The second kappa shape index (κ2) is 10.5. The second-order valence-electron chi connectivity index (χ2n) is 9.03. The van der Waals surface area contributed by atoms with Gasteiger partial charge in [-0.25, -0.2) is 0 Å². The molecule has 5 nitrogen and oxygen atoms in total. The number of carbonyl (C=O) groups is 2. The molecule has 32 heavy (non-hydrogen) atoms. The largest absolute Gasteiger partial charge is 0.351 e. The SMILES string of the molecule is Cc1cccc(CNC(=O)C(C2CCCC2)N2CCN(C(=O)c3ccc(Cl)cc3)CC2)c1. The number of nitrogens with zero attached hydrogens (tertiary/aromatic N) is 2. The first kappa shape index (κ1) is 22.8. The van der Waals surface area contributed by atoms with Gasteiger partial charge in [0.1, 0.15) is 0 Å². The van der Waals surface area contributed by atoms with Crippen LogP contribution in [0.15, 0.2) is 48.5 Å². The summed E-state index contributed by atoms with van der Waals surface area (Å²) in [6, 6.07) is 15.2. The molecule has 1 saturated heterocycles. The molecule has 4 rings (SSSR count). The highest BCUT2D eigenvalue weighted by Gasteiger charge is 2.37. The van der Waals surface area contributed by atoms with Crippen LogP contribution in [0.4, 0.5) is 0 Å². The molecule has 2 amide bonds. The molecule has 170 valence electrons. The predicted octanol–water partition coefficient (Wildman–Crippen LogP) is 4.28. The Labute approximate surface area is 195 Å². The molecular weight excluding hydrogens is 422 g/mol. The van der Waals surface area contributed by atoms with Gasteiger partial charge in [-0.3, -0.25) is 14.5 Å². The summed E-state index contributed by atoms with van der Waals surface area (Å²) in [5.74, 6) is 0.546. The molecule has 1 saturated carbocycles. The number of hydrogen-bond donors (Lipinski definition) is 1. The molecule has 1 N–H and O–H groups in total. The number of benzene rings is 2. The van der Waals surface area contributed by atoms with Crippen molar-refractivity contribution in [2.45, 2.75) is 45.2 Å². The Kier molecular flexibility index (Phi) is 7.48. The van der Waals surface area contributed by atoms with Gasteiger partial charge in [0, 0.05) is 43.3 Å². The number of nitrogens with one attached hydrogen (secondary N) is 1. The van der Waals surface area contributed by atoms with E-state index < -0.39 is 0 Å². The summed E-state index contributed by atoms with van der Waals surface area (Å²) in [6.45, 7) is 5.33. The number of aryl methyl sites for hydroxylation is 1. The lowest BCUT2D eigenvalue weighted by molar-refractivity contribution is -0.129. The Bertz CT molecular complexity index is 932. The van der Waals surface area contributed by atoms with E-state index in [1.807, 2.05) is 11.0 Å². The molecule has 1 atom stereocenters. The molecule has 1 heterocycles. The van der Waals surface area contributed by atoms with E-state index in [2.05, 4.69) is 35.3 Å². The lowest BCUT2D eigenvalue weighted by Crippen LogP contribution is -2.57. The monoisotopic (exact) mass is 453 g/mol. The van der Waals surface area contributed by atoms with Gasteiger partial charge in [-0.05, 0) is 55.5 Å². The van der Waals surface area contributed by atoms with E-state index in [4.69, 9.17) is 11.6 Å². The average molecular weight is 454 g/mol. The normalized spacial score (nSPS) is 18.5. The van der Waals surface area contributed by atoms with E-state index in [0.717, 1.165) is 31.5 Å². The van der Waals surface area contributed by atoms with Gasteiger partial charge in [0.05, 0.1) is 6.04 Å². The van der Waals surface area contributed by atoms with E-state index in [0.29, 0.717) is 36.1 Å². The van der Waals surface area contributed by atoms with Crippen LogP contribution in [-0.2, 0) is 11.3 Å². The Balaban J connectivity index is 1.38. The van der Waals surface area contributed by atoms with Crippen LogP contribution in [-0.4, -0.2) is 53.8 Å². The minimum Gasteiger partial charge on any atom is -0.351 e. The molecule has 2 fully saturated rings. The maximum absolute atomic E-state index is 13.3. The highest BCUT2D eigenvalue weighted by molar-refractivity contribution is 6.30. The summed E-state index contributed by atoms with van der Waals surface area (Å²) in [5.41, 5.74) is 2.98. The third kappa shape index (κ3) is 5.51. The average Bonchev–Trinajstić information content (AvgIpc) is 3.33. The van der Waals surface area contributed by atoms with E-state index in [-0.39, 0.29) is 17.9 Å². The molecule has 6 heteroatoms. The summed E-state index contributed by atoms with van der Waals surface area (Å²) >= 11 is 5.95. The van der Waals surface area contributed by atoms with Gasteiger partial charge in [0.2, 0.25) is 5.91 Å². The van der Waals surface area contributed by atoms with Crippen molar-refractivity contribution in [1.82, 2.24) is 15.1 Å². The fourth-order valence-electron chi connectivity index (χ4n) is 5.05. The number of amides is 2. The Morgan fingerprint density at radius 1 is 1.03 bits per heavy atom. The van der Waals surface area contributed by atoms with Crippen LogP contribution in [0.3, 0.4) is 0 Å². The maximum Gasteiger partial charge on any atom is 0.253 e. The molecule has 1 unspecified atom stereocenters. The van der Waals surface area contributed by atoms with E-state index in [1.165, 1.54) is 18.4 Å². The fraction of sp³-hybridized carbons (Fsp3) is 0.462. The second-order valence-corrected chi connectivity index (χ2v) is 9.47. The van der Waals surface area contributed by atoms with Gasteiger partial charge in [0.15, 0.2) is 0 Å². The number of rotatable bonds is 6. The zero-order valence-corrected chi connectivity index (χ0v) is 19.5. The van der Waals surface area contributed by atoms with Gasteiger partial charge in [-0.2, -0.15) is 0 Å². The highest BCUT2D eigenvalue weighted by Crippen LogP contribution is 2.31.